The predicted molar refractivity (Wildman–Crippen MR) is 110 cm³/mol. The van der Waals surface area contributed by atoms with Crippen LogP contribution in [0.25, 0.3) is 22.6 Å². The quantitative estimate of drug-likeness (QED) is 0.415. The molecule has 138 valence electrons. The number of rotatable bonds is 5. The first-order valence-corrected chi connectivity index (χ1v) is 9.02. The summed E-state index contributed by atoms with van der Waals surface area (Å²) in [7, 11) is 0. The number of amides is 1. The molecule has 0 spiro atoms. The largest absolute Gasteiger partial charge is 0.313 e. The maximum absolute atomic E-state index is 12.5. The Morgan fingerprint density at radius 3 is 2.64 bits per heavy atom. The van der Waals surface area contributed by atoms with Gasteiger partial charge in [0.1, 0.15) is 12.2 Å². The number of imidazole rings is 1. The summed E-state index contributed by atoms with van der Waals surface area (Å²) < 4.78 is 1.84. The van der Waals surface area contributed by atoms with Crippen LogP contribution in [0.4, 0.5) is 0 Å². The van der Waals surface area contributed by atoms with Crippen LogP contribution in [0.1, 0.15) is 5.56 Å². The number of nitrogens with zero attached hydrogens (tertiary/aromatic N) is 4. The highest BCUT2D eigenvalue weighted by molar-refractivity contribution is 6.30. The molecule has 1 amide bonds. The average molecular weight is 390 g/mol. The van der Waals surface area contributed by atoms with Gasteiger partial charge in [0.25, 0.3) is 5.91 Å². The van der Waals surface area contributed by atoms with E-state index < -0.39 is 0 Å². The van der Waals surface area contributed by atoms with Crippen LogP contribution in [0.15, 0.2) is 78.0 Å². The monoisotopic (exact) mass is 389 g/mol. The summed E-state index contributed by atoms with van der Waals surface area (Å²) in [5.41, 5.74) is 5.77. The van der Waals surface area contributed by atoms with Gasteiger partial charge in [-0.1, -0.05) is 41.9 Å². The maximum atomic E-state index is 12.5. The number of pyridine rings is 1. The van der Waals surface area contributed by atoms with Gasteiger partial charge in [-0.15, -0.1) is 0 Å². The number of carbonyl (C=O) groups excluding carboxylic acids is 1. The highest BCUT2D eigenvalue weighted by atomic mass is 35.5. The van der Waals surface area contributed by atoms with E-state index in [1.165, 1.54) is 0 Å². The van der Waals surface area contributed by atoms with Crippen LogP contribution < -0.4 is 5.43 Å². The molecule has 0 radical (unpaired) electrons. The van der Waals surface area contributed by atoms with Gasteiger partial charge in [-0.3, -0.25) is 9.78 Å². The van der Waals surface area contributed by atoms with Gasteiger partial charge in [-0.05, 0) is 42.0 Å². The van der Waals surface area contributed by atoms with Gasteiger partial charge in [-0.2, -0.15) is 5.10 Å². The molecule has 2 aromatic heterocycles. The number of hydrogen-bond donors (Lipinski definition) is 1. The first-order chi connectivity index (χ1) is 13.7. The van der Waals surface area contributed by atoms with E-state index >= 15 is 0 Å². The highest BCUT2D eigenvalue weighted by Gasteiger charge is 2.15. The van der Waals surface area contributed by atoms with Gasteiger partial charge in [0.05, 0.1) is 17.2 Å². The van der Waals surface area contributed by atoms with Gasteiger partial charge in [0, 0.05) is 11.2 Å². The van der Waals surface area contributed by atoms with E-state index in [4.69, 9.17) is 11.6 Å². The number of carbonyl (C=O) groups is 1. The summed E-state index contributed by atoms with van der Waals surface area (Å²) in [5.74, 6) is 0.379. The SMILES string of the molecule is O=C(Cn1c(-c2ccccn2)nc2ccccc21)N/N=C/c1ccc(Cl)cc1. The van der Waals surface area contributed by atoms with E-state index in [1.807, 2.05) is 59.2 Å². The van der Waals surface area contributed by atoms with Crippen molar-refractivity contribution in [2.75, 3.05) is 0 Å². The molecule has 0 saturated heterocycles. The van der Waals surface area contributed by atoms with Crippen molar-refractivity contribution < 1.29 is 4.79 Å². The van der Waals surface area contributed by atoms with E-state index in [0.29, 0.717) is 16.5 Å². The Balaban J connectivity index is 1.56. The molecule has 6 nitrogen and oxygen atoms in total. The number of aromatic nitrogens is 3. The minimum Gasteiger partial charge on any atom is -0.313 e. The average Bonchev–Trinajstić information content (AvgIpc) is 3.09. The summed E-state index contributed by atoms with van der Waals surface area (Å²) in [5, 5.41) is 4.67. The molecule has 0 fully saturated rings. The zero-order valence-corrected chi connectivity index (χ0v) is 15.5. The van der Waals surface area contributed by atoms with Crippen LogP contribution >= 0.6 is 11.6 Å². The molecule has 0 aliphatic rings. The molecule has 0 atom stereocenters. The molecule has 0 aliphatic carbocycles. The summed E-state index contributed by atoms with van der Waals surface area (Å²) in [6.07, 6.45) is 3.27. The second-order valence-corrected chi connectivity index (χ2v) is 6.51. The smallest absolute Gasteiger partial charge is 0.260 e. The Hall–Kier alpha value is -3.51. The van der Waals surface area contributed by atoms with Gasteiger partial charge in [0.15, 0.2) is 5.82 Å². The first-order valence-electron chi connectivity index (χ1n) is 8.65. The number of benzene rings is 2. The van der Waals surface area contributed by atoms with Crippen LogP contribution in [-0.4, -0.2) is 26.7 Å². The van der Waals surface area contributed by atoms with Crippen molar-refractivity contribution in [2.45, 2.75) is 6.54 Å². The van der Waals surface area contributed by atoms with E-state index in [-0.39, 0.29) is 12.5 Å². The molecule has 0 saturated carbocycles. The van der Waals surface area contributed by atoms with Crippen molar-refractivity contribution in [1.82, 2.24) is 20.0 Å². The highest BCUT2D eigenvalue weighted by Crippen LogP contribution is 2.23. The van der Waals surface area contributed by atoms with Crippen molar-refractivity contribution in [3.63, 3.8) is 0 Å². The van der Waals surface area contributed by atoms with E-state index in [0.717, 1.165) is 16.6 Å². The van der Waals surface area contributed by atoms with E-state index in [1.54, 1.807) is 24.5 Å². The fourth-order valence-electron chi connectivity index (χ4n) is 2.83. The summed E-state index contributed by atoms with van der Waals surface area (Å²) >= 11 is 5.86. The van der Waals surface area contributed by atoms with Gasteiger partial charge in [0.2, 0.25) is 0 Å². The predicted octanol–water partition coefficient (Wildman–Crippen LogP) is 3.90. The second-order valence-electron chi connectivity index (χ2n) is 6.07. The lowest BCUT2D eigenvalue weighted by molar-refractivity contribution is -0.121. The van der Waals surface area contributed by atoms with Crippen LogP contribution in [-0.2, 0) is 11.3 Å². The second kappa shape index (κ2) is 8.02. The number of halogens is 1. The van der Waals surface area contributed by atoms with E-state index in [2.05, 4.69) is 20.5 Å². The Morgan fingerprint density at radius 2 is 1.86 bits per heavy atom. The van der Waals surface area contributed by atoms with Gasteiger partial charge >= 0.3 is 0 Å². The van der Waals surface area contributed by atoms with Gasteiger partial charge in [-0.25, -0.2) is 10.4 Å². The Labute approximate surface area is 166 Å². The number of para-hydroxylation sites is 2. The normalized spacial score (nSPS) is 11.2. The van der Waals surface area contributed by atoms with Crippen molar-refractivity contribution in [2.24, 2.45) is 5.10 Å². The lowest BCUT2D eigenvalue weighted by atomic mass is 10.2. The van der Waals surface area contributed by atoms with Gasteiger partial charge < -0.3 is 4.57 Å². The number of nitrogens with one attached hydrogen (secondary N) is 1. The standard InChI is InChI=1S/C21H16ClN5O/c22-16-10-8-15(9-11-16)13-24-26-20(28)14-27-19-7-2-1-5-17(19)25-21(27)18-6-3-4-12-23-18/h1-13H,14H2,(H,26,28)/b24-13+. The first kappa shape index (κ1) is 17.9. The number of hydrogen-bond acceptors (Lipinski definition) is 4. The molecule has 4 aromatic rings. The third kappa shape index (κ3) is 3.92. The zero-order chi connectivity index (χ0) is 19.3. The van der Waals surface area contributed by atoms with E-state index in [9.17, 15) is 4.79 Å². The lowest BCUT2D eigenvalue weighted by Crippen LogP contribution is -2.23. The Bertz CT molecular complexity index is 1140. The van der Waals surface area contributed by atoms with Crippen LogP contribution in [0.3, 0.4) is 0 Å². The molecule has 0 unspecified atom stereocenters. The van der Waals surface area contributed by atoms with Crippen LogP contribution in [0.5, 0.6) is 0 Å². The molecule has 28 heavy (non-hydrogen) atoms. The summed E-state index contributed by atoms with van der Waals surface area (Å²) in [6.45, 7) is 0.0738. The summed E-state index contributed by atoms with van der Waals surface area (Å²) in [6, 6.07) is 20.4. The fourth-order valence-corrected chi connectivity index (χ4v) is 2.96. The lowest BCUT2D eigenvalue weighted by Gasteiger charge is -2.07. The number of hydrazone groups is 1. The van der Waals surface area contributed by atoms with Crippen molar-refractivity contribution in [3.05, 3.63) is 83.5 Å². The molecule has 2 heterocycles. The van der Waals surface area contributed by atoms with Crippen molar-refractivity contribution in [1.29, 1.82) is 0 Å². The minimum absolute atomic E-state index is 0.0738. The summed E-state index contributed by atoms with van der Waals surface area (Å²) in [4.78, 5) is 21.5. The Morgan fingerprint density at radius 1 is 1.07 bits per heavy atom. The third-order valence-corrected chi connectivity index (χ3v) is 4.38. The molecule has 7 heteroatoms. The van der Waals surface area contributed by atoms with Crippen LogP contribution in [0.2, 0.25) is 5.02 Å². The van der Waals surface area contributed by atoms with Crippen molar-refractivity contribution in [3.8, 4) is 11.5 Å². The molecule has 2 aromatic carbocycles. The number of fused-ring (bicyclic) bond motifs is 1. The zero-order valence-electron chi connectivity index (χ0n) is 14.8. The third-order valence-electron chi connectivity index (χ3n) is 4.12. The molecule has 1 N–H and O–H groups in total. The Kier molecular flexibility index (Phi) is 5.12. The molecule has 4 rings (SSSR count). The molecular weight excluding hydrogens is 374 g/mol. The molecule has 0 aliphatic heterocycles. The molecular formula is C21H16ClN5O. The van der Waals surface area contributed by atoms with Crippen molar-refractivity contribution >= 4 is 34.8 Å². The minimum atomic E-state index is -0.259. The maximum Gasteiger partial charge on any atom is 0.260 e. The topological polar surface area (TPSA) is 72.2 Å². The van der Waals surface area contributed by atoms with Crippen LogP contribution in [0, 0.1) is 0 Å². The fraction of sp³-hybridized carbons (Fsp3) is 0.0476. The molecule has 0 bridgehead atoms.